The van der Waals surface area contributed by atoms with Crippen molar-refractivity contribution in [2.45, 2.75) is 0 Å². The molecule has 0 heterocycles. The van der Waals surface area contributed by atoms with Crippen LogP contribution >= 0.6 is 11.6 Å². The summed E-state index contributed by atoms with van der Waals surface area (Å²) >= 11 is 5.79. The number of hydrazone groups is 1. The number of hydrogen-bond donors (Lipinski definition) is 2. The molecule has 0 spiro atoms. The summed E-state index contributed by atoms with van der Waals surface area (Å²) in [4.78, 5) is 22.3. The zero-order valence-corrected chi connectivity index (χ0v) is 12.9. The lowest BCUT2D eigenvalue weighted by atomic mass is 10.1. The lowest BCUT2D eigenvalue weighted by molar-refractivity contribution is 0.0600. The summed E-state index contributed by atoms with van der Waals surface area (Å²) in [7, 11) is 1.32. The number of carboxylic acids is 1. The van der Waals surface area contributed by atoms with Gasteiger partial charge < -0.3 is 9.84 Å². The van der Waals surface area contributed by atoms with Gasteiger partial charge in [-0.3, -0.25) is 5.43 Å². The first kappa shape index (κ1) is 16.5. The Labute approximate surface area is 137 Å². The van der Waals surface area contributed by atoms with E-state index in [-0.39, 0.29) is 10.6 Å². The number of aromatic carboxylic acids is 1. The smallest absolute Gasteiger partial charge is 0.337 e. The number of halogens is 1. The molecule has 2 N–H and O–H groups in total. The molecule has 2 aromatic carbocycles. The summed E-state index contributed by atoms with van der Waals surface area (Å²) in [5.41, 5.74) is 4.42. The van der Waals surface area contributed by atoms with Crippen LogP contribution in [-0.2, 0) is 4.74 Å². The minimum atomic E-state index is -1.11. The molecule has 2 aromatic rings. The van der Waals surface area contributed by atoms with Gasteiger partial charge >= 0.3 is 11.9 Å². The van der Waals surface area contributed by atoms with Crippen LogP contribution in [0, 0.1) is 0 Å². The number of rotatable bonds is 5. The van der Waals surface area contributed by atoms with Crippen LogP contribution in [0.1, 0.15) is 26.3 Å². The van der Waals surface area contributed by atoms with E-state index in [1.807, 2.05) is 0 Å². The van der Waals surface area contributed by atoms with E-state index >= 15 is 0 Å². The molecule has 0 unspecified atom stereocenters. The maximum Gasteiger partial charge on any atom is 0.337 e. The van der Waals surface area contributed by atoms with Gasteiger partial charge in [-0.15, -0.1) is 0 Å². The molecule has 118 valence electrons. The number of hydrogen-bond acceptors (Lipinski definition) is 5. The van der Waals surface area contributed by atoms with Crippen LogP contribution in [0.5, 0.6) is 0 Å². The Balaban J connectivity index is 2.06. The predicted octanol–water partition coefficient (Wildman–Crippen LogP) is 3.27. The number of nitrogens with zero attached hydrogens (tertiary/aromatic N) is 1. The molecule has 6 nitrogen and oxygen atoms in total. The summed E-state index contributed by atoms with van der Waals surface area (Å²) in [5.74, 6) is -1.52. The molecule has 0 saturated carbocycles. The highest BCUT2D eigenvalue weighted by molar-refractivity contribution is 6.33. The summed E-state index contributed by atoms with van der Waals surface area (Å²) < 4.78 is 4.61. The van der Waals surface area contributed by atoms with E-state index in [2.05, 4.69) is 15.3 Å². The molecule has 0 atom stereocenters. The summed E-state index contributed by atoms with van der Waals surface area (Å²) in [6.07, 6.45) is 1.54. The molecule has 23 heavy (non-hydrogen) atoms. The van der Waals surface area contributed by atoms with E-state index in [9.17, 15) is 9.59 Å². The van der Waals surface area contributed by atoms with Gasteiger partial charge in [-0.2, -0.15) is 5.10 Å². The molecular weight excluding hydrogens is 320 g/mol. The van der Waals surface area contributed by atoms with Crippen LogP contribution in [0.4, 0.5) is 5.69 Å². The van der Waals surface area contributed by atoms with Crippen LogP contribution in [-0.4, -0.2) is 30.4 Å². The Kier molecular flexibility index (Phi) is 5.32. The van der Waals surface area contributed by atoms with Crippen LogP contribution in [0.15, 0.2) is 47.6 Å². The third kappa shape index (κ3) is 4.31. The van der Waals surface area contributed by atoms with Crippen LogP contribution in [0.25, 0.3) is 0 Å². The topological polar surface area (TPSA) is 88.0 Å². The number of esters is 1. The molecule has 0 saturated heterocycles. The predicted molar refractivity (Wildman–Crippen MR) is 87.4 cm³/mol. The van der Waals surface area contributed by atoms with Gasteiger partial charge in [0.15, 0.2) is 0 Å². The van der Waals surface area contributed by atoms with Crippen molar-refractivity contribution in [1.82, 2.24) is 0 Å². The number of nitrogens with one attached hydrogen (secondary N) is 1. The third-order valence-electron chi connectivity index (χ3n) is 2.94. The Morgan fingerprint density at radius 3 is 2.52 bits per heavy atom. The van der Waals surface area contributed by atoms with Crippen LogP contribution in [0.3, 0.4) is 0 Å². The minimum Gasteiger partial charge on any atom is -0.478 e. The molecule has 0 fully saturated rings. The second-order valence-electron chi connectivity index (χ2n) is 4.48. The molecule has 0 aliphatic carbocycles. The van der Waals surface area contributed by atoms with Crippen molar-refractivity contribution in [3.63, 3.8) is 0 Å². The zero-order valence-electron chi connectivity index (χ0n) is 12.1. The zero-order chi connectivity index (χ0) is 16.8. The molecule has 0 radical (unpaired) electrons. The Hall–Kier alpha value is -2.86. The van der Waals surface area contributed by atoms with Crippen molar-refractivity contribution in [3.8, 4) is 0 Å². The normalized spacial score (nSPS) is 10.5. The van der Waals surface area contributed by atoms with E-state index in [1.165, 1.54) is 25.5 Å². The summed E-state index contributed by atoms with van der Waals surface area (Å²) in [6.45, 7) is 0. The first-order valence-corrected chi connectivity index (χ1v) is 6.89. The Morgan fingerprint density at radius 2 is 1.91 bits per heavy atom. The van der Waals surface area contributed by atoms with Crippen molar-refractivity contribution >= 4 is 35.4 Å². The molecule has 7 heteroatoms. The molecule has 0 aliphatic heterocycles. The van der Waals surface area contributed by atoms with Gasteiger partial charge in [-0.05, 0) is 35.9 Å². The highest BCUT2D eigenvalue weighted by atomic mass is 35.5. The average Bonchev–Trinajstić information content (AvgIpc) is 2.56. The fraction of sp³-hybridized carbons (Fsp3) is 0.0625. The quantitative estimate of drug-likeness (QED) is 0.498. The Morgan fingerprint density at radius 1 is 1.22 bits per heavy atom. The number of anilines is 1. The maximum atomic E-state index is 11.3. The first-order valence-electron chi connectivity index (χ1n) is 6.51. The maximum absolute atomic E-state index is 11.3. The van der Waals surface area contributed by atoms with Crippen molar-refractivity contribution < 1.29 is 19.4 Å². The number of benzene rings is 2. The van der Waals surface area contributed by atoms with Gasteiger partial charge in [0.05, 0.1) is 35.2 Å². The van der Waals surface area contributed by atoms with Crippen LogP contribution in [0.2, 0.25) is 5.02 Å². The van der Waals surface area contributed by atoms with E-state index in [4.69, 9.17) is 16.7 Å². The van der Waals surface area contributed by atoms with Crippen molar-refractivity contribution in [1.29, 1.82) is 0 Å². The number of methoxy groups -OCH3 is 1. The molecular formula is C16H13ClN2O4. The third-order valence-corrected chi connectivity index (χ3v) is 3.27. The second-order valence-corrected chi connectivity index (χ2v) is 4.89. The molecule has 2 rings (SSSR count). The number of ether oxygens (including phenoxy) is 1. The first-order chi connectivity index (χ1) is 11.0. The van der Waals surface area contributed by atoms with Crippen molar-refractivity contribution in [3.05, 3.63) is 64.2 Å². The summed E-state index contributed by atoms with van der Waals surface area (Å²) in [6, 6.07) is 11.2. The number of carbonyl (C=O) groups excluding carboxylic acids is 1. The highest BCUT2D eigenvalue weighted by Gasteiger charge is 2.08. The summed E-state index contributed by atoms with van der Waals surface area (Å²) in [5, 5.41) is 13.2. The van der Waals surface area contributed by atoms with Gasteiger partial charge in [0, 0.05) is 0 Å². The van der Waals surface area contributed by atoms with Gasteiger partial charge in [0.25, 0.3) is 0 Å². The van der Waals surface area contributed by atoms with Gasteiger partial charge in [0.1, 0.15) is 0 Å². The van der Waals surface area contributed by atoms with Crippen molar-refractivity contribution in [2.24, 2.45) is 5.10 Å². The fourth-order valence-electron chi connectivity index (χ4n) is 1.76. The van der Waals surface area contributed by atoms with E-state index in [0.717, 1.165) is 5.56 Å². The van der Waals surface area contributed by atoms with Gasteiger partial charge in [0.2, 0.25) is 0 Å². The monoisotopic (exact) mass is 332 g/mol. The fourth-order valence-corrected chi connectivity index (χ4v) is 1.96. The SMILES string of the molecule is COC(=O)c1ccc(C=NNc2ccc(Cl)c(C(=O)O)c2)cc1. The van der Waals surface area contributed by atoms with Gasteiger partial charge in [-0.1, -0.05) is 23.7 Å². The lowest BCUT2D eigenvalue weighted by Crippen LogP contribution is -2.01. The minimum absolute atomic E-state index is 0.00528. The van der Waals surface area contributed by atoms with Crippen LogP contribution < -0.4 is 5.43 Å². The van der Waals surface area contributed by atoms with Gasteiger partial charge in [-0.25, -0.2) is 9.59 Å². The second kappa shape index (κ2) is 7.42. The number of carbonyl (C=O) groups is 2. The standard InChI is InChI=1S/C16H13ClN2O4/c1-23-16(22)11-4-2-10(3-5-11)9-18-19-12-6-7-14(17)13(8-12)15(20)21/h2-9,19H,1H3,(H,20,21). The molecule has 0 amide bonds. The molecule has 0 aromatic heterocycles. The molecule has 0 aliphatic rings. The lowest BCUT2D eigenvalue weighted by Gasteiger charge is -2.03. The highest BCUT2D eigenvalue weighted by Crippen LogP contribution is 2.20. The van der Waals surface area contributed by atoms with E-state index in [0.29, 0.717) is 11.3 Å². The largest absolute Gasteiger partial charge is 0.478 e. The molecule has 0 bridgehead atoms. The van der Waals surface area contributed by atoms with Crippen molar-refractivity contribution in [2.75, 3.05) is 12.5 Å². The Bertz CT molecular complexity index is 757. The van der Waals surface area contributed by atoms with E-state index in [1.54, 1.807) is 30.3 Å². The average molecular weight is 333 g/mol. The number of carboxylic acid groups (broad SMARTS) is 1. The van der Waals surface area contributed by atoms with E-state index < -0.39 is 11.9 Å².